The summed E-state index contributed by atoms with van der Waals surface area (Å²) in [7, 11) is 0. The van der Waals surface area contributed by atoms with Gasteiger partial charge in [-0.1, -0.05) is 20.8 Å². The summed E-state index contributed by atoms with van der Waals surface area (Å²) in [6, 6.07) is 1.15. The molecule has 1 aromatic rings. The second-order valence-electron chi connectivity index (χ2n) is 6.46. The predicted octanol–water partition coefficient (Wildman–Crippen LogP) is 1.83. The van der Waals surface area contributed by atoms with Gasteiger partial charge in [-0.3, -0.25) is 14.4 Å². The number of carbonyl (C=O) groups excluding carboxylic acids is 3. The number of amides is 1. The number of Topliss-reactive ketones (excluding diaryl/α,β-unsaturated/α-hetero) is 1. The number of hydrogen-bond donors (Lipinski definition) is 0. The Labute approximate surface area is 130 Å². The van der Waals surface area contributed by atoms with E-state index in [1.807, 2.05) is 6.92 Å². The van der Waals surface area contributed by atoms with Gasteiger partial charge in [-0.15, -0.1) is 0 Å². The minimum absolute atomic E-state index is 0.249. The molecule has 2 rings (SSSR count). The molecule has 1 fully saturated rings. The van der Waals surface area contributed by atoms with Crippen LogP contribution in [0.2, 0.25) is 0 Å². The Bertz CT molecular complexity index is 604. The maximum atomic E-state index is 12.5. The lowest BCUT2D eigenvalue weighted by atomic mass is 9.84. The van der Waals surface area contributed by atoms with E-state index in [9.17, 15) is 14.4 Å². The monoisotopic (exact) mass is 305 g/mol. The van der Waals surface area contributed by atoms with Crippen molar-refractivity contribution in [3.8, 4) is 0 Å². The van der Waals surface area contributed by atoms with Crippen molar-refractivity contribution in [2.45, 2.75) is 53.0 Å². The Morgan fingerprint density at radius 1 is 1.36 bits per heavy atom. The third kappa shape index (κ3) is 2.96. The first kappa shape index (κ1) is 16.4. The van der Waals surface area contributed by atoms with Crippen LogP contribution in [0.15, 0.2) is 12.3 Å². The first-order valence-electron chi connectivity index (χ1n) is 7.70. The first-order valence-corrected chi connectivity index (χ1v) is 7.70. The molecule has 0 saturated carbocycles. The number of aromatic nitrogens is 2. The van der Waals surface area contributed by atoms with Crippen molar-refractivity contribution in [2.75, 3.05) is 6.54 Å². The van der Waals surface area contributed by atoms with Crippen LogP contribution in [0.3, 0.4) is 0 Å². The fraction of sp³-hybridized carbons (Fsp3) is 0.625. The number of ketones is 1. The molecule has 1 amide bonds. The zero-order chi connectivity index (χ0) is 16.5. The second-order valence-corrected chi connectivity index (χ2v) is 6.46. The highest BCUT2D eigenvalue weighted by Crippen LogP contribution is 2.26. The molecule has 0 radical (unpaired) electrons. The van der Waals surface area contributed by atoms with Gasteiger partial charge in [-0.25, -0.2) is 4.68 Å². The molecule has 0 N–H and O–H groups in total. The quantitative estimate of drug-likeness (QED) is 0.796. The van der Waals surface area contributed by atoms with Gasteiger partial charge in [0, 0.05) is 18.2 Å². The molecule has 22 heavy (non-hydrogen) atoms. The first-order chi connectivity index (χ1) is 10.3. The van der Waals surface area contributed by atoms with Crippen LogP contribution in [0.4, 0.5) is 0 Å². The lowest BCUT2D eigenvalue weighted by Crippen LogP contribution is -2.48. The third-order valence-electron chi connectivity index (χ3n) is 4.44. The van der Waals surface area contributed by atoms with E-state index in [2.05, 4.69) is 5.10 Å². The molecule has 0 spiro atoms. The smallest absolute Gasteiger partial charge is 0.291 e. The number of carbonyl (C=O) groups is 3. The van der Waals surface area contributed by atoms with Crippen molar-refractivity contribution in [1.82, 2.24) is 14.7 Å². The molecule has 1 aliphatic heterocycles. The van der Waals surface area contributed by atoms with E-state index in [0.717, 1.165) is 12.1 Å². The third-order valence-corrected chi connectivity index (χ3v) is 4.44. The number of aryl methyl sites for hydroxylation is 1. The van der Waals surface area contributed by atoms with Gasteiger partial charge in [0.15, 0.2) is 0 Å². The molecule has 0 aromatic carbocycles. The summed E-state index contributed by atoms with van der Waals surface area (Å²) in [5.74, 6) is -1.22. The molecule has 1 unspecified atom stereocenters. The lowest BCUT2D eigenvalue weighted by Gasteiger charge is -2.27. The normalized spacial score (nSPS) is 18.5. The molecule has 6 nitrogen and oxygen atoms in total. The molecular weight excluding hydrogens is 282 g/mol. The molecule has 1 atom stereocenters. The van der Waals surface area contributed by atoms with E-state index in [4.69, 9.17) is 0 Å². The van der Waals surface area contributed by atoms with E-state index in [-0.39, 0.29) is 5.91 Å². The Morgan fingerprint density at radius 2 is 2.05 bits per heavy atom. The maximum absolute atomic E-state index is 12.5. The largest absolute Gasteiger partial charge is 0.324 e. The summed E-state index contributed by atoms with van der Waals surface area (Å²) >= 11 is 0. The molecule has 2 heterocycles. The van der Waals surface area contributed by atoms with Crippen LogP contribution in [0.1, 0.15) is 50.5 Å². The number of nitrogens with zero attached hydrogens (tertiary/aromatic N) is 3. The van der Waals surface area contributed by atoms with Crippen LogP contribution in [-0.4, -0.2) is 44.9 Å². The Balaban J connectivity index is 2.19. The van der Waals surface area contributed by atoms with Gasteiger partial charge < -0.3 is 4.90 Å². The topological polar surface area (TPSA) is 72.3 Å². The Morgan fingerprint density at radius 3 is 2.59 bits per heavy atom. The van der Waals surface area contributed by atoms with Crippen molar-refractivity contribution in [2.24, 2.45) is 5.41 Å². The summed E-state index contributed by atoms with van der Waals surface area (Å²) in [5.41, 5.74) is 0.0441. The van der Waals surface area contributed by atoms with Crippen LogP contribution in [0.25, 0.3) is 0 Å². The highest BCUT2D eigenvalue weighted by atomic mass is 16.2. The van der Waals surface area contributed by atoms with E-state index >= 15 is 0 Å². The van der Waals surface area contributed by atoms with Gasteiger partial charge in [-0.05, 0) is 32.3 Å². The number of rotatable bonds is 4. The summed E-state index contributed by atoms with van der Waals surface area (Å²) in [5, 5.41) is 4.10. The van der Waals surface area contributed by atoms with Crippen molar-refractivity contribution in [1.29, 1.82) is 0 Å². The van der Waals surface area contributed by atoms with Gasteiger partial charge in [0.1, 0.15) is 6.04 Å². The van der Waals surface area contributed by atoms with Crippen molar-refractivity contribution in [3.63, 3.8) is 0 Å². The fourth-order valence-electron chi connectivity index (χ4n) is 2.54. The predicted molar refractivity (Wildman–Crippen MR) is 81.4 cm³/mol. The molecule has 1 saturated heterocycles. The Kier molecular flexibility index (Phi) is 4.49. The van der Waals surface area contributed by atoms with Crippen LogP contribution in [0, 0.1) is 12.3 Å². The molecule has 6 heteroatoms. The highest BCUT2D eigenvalue weighted by molar-refractivity contribution is 6.38. The van der Waals surface area contributed by atoms with E-state index in [0.29, 0.717) is 19.4 Å². The van der Waals surface area contributed by atoms with Crippen LogP contribution in [-0.2, 0) is 9.59 Å². The van der Waals surface area contributed by atoms with Gasteiger partial charge in [-0.2, -0.15) is 5.10 Å². The number of hydrogen-bond acceptors (Lipinski definition) is 4. The zero-order valence-electron chi connectivity index (χ0n) is 13.6. The molecule has 120 valence electrons. The van der Waals surface area contributed by atoms with Gasteiger partial charge in [0.2, 0.25) is 5.78 Å². The average Bonchev–Trinajstić information content (AvgIpc) is 3.13. The minimum Gasteiger partial charge on any atom is -0.324 e. The lowest BCUT2D eigenvalue weighted by molar-refractivity contribution is -0.149. The van der Waals surface area contributed by atoms with Crippen LogP contribution in [0.5, 0.6) is 0 Å². The van der Waals surface area contributed by atoms with Crippen molar-refractivity contribution in [3.05, 3.63) is 18.0 Å². The van der Waals surface area contributed by atoms with E-state index in [1.54, 1.807) is 33.0 Å². The summed E-state index contributed by atoms with van der Waals surface area (Å²) < 4.78 is 1.26. The zero-order valence-corrected chi connectivity index (χ0v) is 13.6. The summed E-state index contributed by atoms with van der Waals surface area (Å²) in [6.07, 6.45) is 3.48. The highest BCUT2D eigenvalue weighted by Gasteiger charge is 2.41. The summed E-state index contributed by atoms with van der Waals surface area (Å²) in [6.45, 7) is 7.65. The second kappa shape index (κ2) is 6.02. The van der Waals surface area contributed by atoms with Crippen LogP contribution < -0.4 is 0 Å². The molecule has 0 aliphatic carbocycles. The van der Waals surface area contributed by atoms with E-state index < -0.39 is 23.1 Å². The van der Waals surface area contributed by atoms with Gasteiger partial charge in [0.25, 0.3) is 11.8 Å². The van der Waals surface area contributed by atoms with Crippen molar-refractivity contribution >= 4 is 17.6 Å². The number of likely N-dealkylation sites (tertiary alicyclic amines) is 1. The van der Waals surface area contributed by atoms with Crippen molar-refractivity contribution < 1.29 is 14.4 Å². The SMILES string of the molecule is CCC(C)(C)C(=O)C(=O)N1CCCC1C(=O)n1ccc(C)n1. The average molecular weight is 305 g/mol. The molecule has 1 aromatic heterocycles. The minimum atomic E-state index is -0.699. The van der Waals surface area contributed by atoms with Gasteiger partial charge in [0.05, 0.1) is 5.69 Å². The van der Waals surface area contributed by atoms with Crippen LogP contribution >= 0.6 is 0 Å². The van der Waals surface area contributed by atoms with Gasteiger partial charge >= 0.3 is 0 Å². The standard InChI is InChI=1S/C16H23N3O3/c1-5-16(3,4)13(20)15(22)18-9-6-7-12(18)14(21)19-10-8-11(2)17-19/h8,10,12H,5-7,9H2,1-4H3. The summed E-state index contributed by atoms with van der Waals surface area (Å²) in [4.78, 5) is 38.8. The molecule has 0 bridgehead atoms. The fourth-order valence-corrected chi connectivity index (χ4v) is 2.54. The Hall–Kier alpha value is -1.98. The van der Waals surface area contributed by atoms with E-state index in [1.165, 1.54) is 9.58 Å². The maximum Gasteiger partial charge on any atom is 0.291 e. The molecule has 1 aliphatic rings. The molecular formula is C16H23N3O3.